The van der Waals surface area contributed by atoms with Gasteiger partial charge in [-0.15, -0.1) is 11.3 Å². The first kappa shape index (κ1) is 18.6. The van der Waals surface area contributed by atoms with E-state index >= 15 is 0 Å². The van der Waals surface area contributed by atoms with Gasteiger partial charge in [0.15, 0.2) is 11.0 Å². The molecule has 0 N–H and O–H groups in total. The maximum Gasteiger partial charge on any atom is 0.410 e. The number of hydrogen-bond donors (Lipinski definition) is 0. The van der Waals surface area contributed by atoms with Gasteiger partial charge in [0, 0.05) is 18.8 Å². The fourth-order valence-corrected chi connectivity index (χ4v) is 3.17. The van der Waals surface area contributed by atoms with Gasteiger partial charge in [-0.1, -0.05) is 11.6 Å². The van der Waals surface area contributed by atoms with Crippen molar-refractivity contribution in [3.05, 3.63) is 33.1 Å². The first-order valence-corrected chi connectivity index (χ1v) is 8.48. The van der Waals surface area contributed by atoms with E-state index in [9.17, 15) is 9.18 Å². The van der Waals surface area contributed by atoms with Crippen molar-refractivity contribution in [3.8, 4) is 11.3 Å². The largest absolute Gasteiger partial charge is 0.444 e. The lowest BCUT2D eigenvalue weighted by atomic mass is 10.1. The summed E-state index contributed by atoms with van der Waals surface area (Å²) in [4.78, 5) is 22.4. The number of rotatable bonds is 3. The van der Waals surface area contributed by atoms with Crippen LogP contribution in [0, 0.1) is 12.7 Å². The van der Waals surface area contributed by atoms with Gasteiger partial charge in [-0.3, -0.25) is 0 Å². The van der Waals surface area contributed by atoms with Crippen LogP contribution in [-0.2, 0) is 11.3 Å². The predicted octanol–water partition coefficient (Wildman–Crippen LogP) is 4.67. The summed E-state index contributed by atoms with van der Waals surface area (Å²) in [6.07, 6.45) is 0.976. The summed E-state index contributed by atoms with van der Waals surface area (Å²) in [6.45, 7) is 7.49. The van der Waals surface area contributed by atoms with Gasteiger partial charge >= 0.3 is 6.09 Å². The molecule has 0 unspecified atom stereocenters. The molecule has 0 bridgehead atoms. The van der Waals surface area contributed by atoms with E-state index in [1.165, 1.54) is 28.5 Å². The second-order valence-corrected chi connectivity index (χ2v) is 7.95. The lowest BCUT2D eigenvalue weighted by molar-refractivity contribution is 0.0287. The van der Waals surface area contributed by atoms with Crippen LogP contribution in [0.3, 0.4) is 0 Å². The summed E-state index contributed by atoms with van der Waals surface area (Å²) in [5.41, 5.74) is 0.157. The highest BCUT2D eigenvalue weighted by molar-refractivity contribution is 7.12. The summed E-state index contributed by atoms with van der Waals surface area (Å²) < 4.78 is 19.6. The topological polar surface area (TPSA) is 55.3 Å². The molecule has 8 heteroatoms. The third-order valence-corrected chi connectivity index (χ3v) is 4.21. The maximum atomic E-state index is 14.3. The van der Waals surface area contributed by atoms with E-state index in [0.717, 1.165) is 9.88 Å². The second-order valence-electron chi connectivity index (χ2n) is 6.30. The summed E-state index contributed by atoms with van der Waals surface area (Å²) in [7, 11) is 1.63. The van der Waals surface area contributed by atoms with E-state index in [1.807, 2.05) is 6.92 Å². The van der Waals surface area contributed by atoms with E-state index in [0.29, 0.717) is 5.69 Å². The fourth-order valence-electron chi connectivity index (χ4n) is 2.01. The lowest BCUT2D eigenvalue weighted by Gasteiger charge is -2.24. The Labute approximate surface area is 149 Å². The van der Waals surface area contributed by atoms with Crippen molar-refractivity contribution in [3.63, 3.8) is 0 Å². The van der Waals surface area contributed by atoms with E-state index in [2.05, 4.69) is 9.97 Å². The molecule has 0 spiro atoms. The highest BCUT2D eigenvalue weighted by Gasteiger charge is 2.23. The number of carbonyl (C=O) groups excluding carboxylic acids is 1. The van der Waals surface area contributed by atoms with Gasteiger partial charge < -0.3 is 9.64 Å². The number of aromatic nitrogens is 2. The first-order valence-electron chi connectivity index (χ1n) is 7.29. The number of aryl methyl sites for hydroxylation is 1. The van der Waals surface area contributed by atoms with Crippen LogP contribution >= 0.6 is 22.9 Å². The minimum atomic E-state index is -0.620. The molecule has 5 nitrogen and oxygen atoms in total. The molecule has 24 heavy (non-hydrogen) atoms. The highest BCUT2D eigenvalue weighted by atomic mass is 35.5. The Morgan fingerprint density at radius 1 is 1.46 bits per heavy atom. The SMILES string of the molecule is Cc1nc(-c2ccnc(Cl)c2F)c(CN(C)C(=O)OC(C)(C)C)s1. The van der Waals surface area contributed by atoms with Gasteiger partial charge in [0.25, 0.3) is 0 Å². The van der Waals surface area contributed by atoms with Crippen molar-refractivity contribution in [2.45, 2.75) is 39.8 Å². The molecular weight excluding hydrogens is 353 g/mol. The third kappa shape index (κ3) is 4.42. The van der Waals surface area contributed by atoms with E-state index in [4.69, 9.17) is 16.3 Å². The van der Waals surface area contributed by atoms with Crippen LogP contribution < -0.4 is 0 Å². The number of halogens is 2. The van der Waals surface area contributed by atoms with Crippen LogP contribution in [0.4, 0.5) is 9.18 Å². The summed E-state index contributed by atoms with van der Waals surface area (Å²) in [5.74, 6) is -0.620. The Balaban J connectivity index is 2.30. The molecule has 2 heterocycles. The monoisotopic (exact) mass is 371 g/mol. The second kappa shape index (κ2) is 7.03. The summed E-state index contributed by atoms with van der Waals surface area (Å²) in [6, 6.07) is 1.52. The third-order valence-electron chi connectivity index (χ3n) is 2.99. The van der Waals surface area contributed by atoms with Crippen molar-refractivity contribution in [2.24, 2.45) is 0 Å². The zero-order chi connectivity index (χ0) is 18.1. The van der Waals surface area contributed by atoms with Crippen LogP contribution in [0.2, 0.25) is 5.15 Å². The molecule has 0 aromatic carbocycles. The number of amides is 1. The molecular formula is C16H19ClFN3O2S. The van der Waals surface area contributed by atoms with Crippen molar-refractivity contribution in [1.29, 1.82) is 0 Å². The van der Waals surface area contributed by atoms with Crippen molar-refractivity contribution in [2.75, 3.05) is 7.05 Å². The average molecular weight is 372 g/mol. The quantitative estimate of drug-likeness (QED) is 0.735. The molecule has 1 amide bonds. The zero-order valence-electron chi connectivity index (χ0n) is 14.2. The van der Waals surface area contributed by atoms with Crippen LogP contribution in [0.5, 0.6) is 0 Å². The first-order chi connectivity index (χ1) is 11.1. The molecule has 2 rings (SSSR count). The molecule has 0 radical (unpaired) electrons. The lowest BCUT2D eigenvalue weighted by Crippen LogP contribution is -2.33. The Hall–Kier alpha value is -1.73. The molecule has 0 aliphatic rings. The minimum absolute atomic E-state index is 0.204. The average Bonchev–Trinajstić information content (AvgIpc) is 2.80. The maximum absolute atomic E-state index is 14.3. The molecule has 0 fully saturated rings. The number of thiazole rings is 1. The molecule has 0 saturated heterocycles. The Morgan fingerprint density at radius 3 is 2.75 bits per heavy atom. The van der Waals surface area contributed by atoms with Gasteiger partial charge in [-0.2, -0.15) is 0 Å². The van der Waals surface area contributed by atoms with E-state index in [1.54, 1.807) is 27.8 Å². The van der Waals surface area contributed by atoms with Crippen LogP contribution in [0.1, 0.15) is 30.7 Å². The smallest absolute Gasteiger partial charge is 0.410 e. The minimum Gasteiger partial charge on any atom is -0.444 e. The predicted molar refractivity (Wildman–Crippen MR) is 92.8 cm³/mol. The molecule has 2 aromatic heterocycles. The molecule has 0 aliphatic heterocycles. The standard InChI is InChI=1S/C16H19ClFN3O2S/c1-9-20-13(10-6-7-19-14(17)12(10)18)11(24-9)8-21(5)15(22)23-16(2,3)4/h6-7H,8H2,1-5H3. The highest BCUT2D eigenvalue weighted by Crippen LogP contribution is 2.32. The molecule has 0 aliphatic carbocycles. The number of carbonyl (C=O) groups is 1. The Morgan fingerprint density at radius 2 is 2.12 bits per heavy atom. The number of ether oxygens (including phenoxy) is 1. The van der Waals surface area contributed by atoms with Crippen LogP contribution in [-0.4, -0.2) is 33.6 Å². The molecule has 0 atom stereocenters. The summed E-state index contributed by atoms with van der Waals surface area (Å²) >= 11 is 7.15. The van der Waals surface area contributed by atoms with Gasteiger partial charge in [0.05, 0.1) is 22.1 Å². The Bertz CT molecular complexity index is 758. The van der Waals surface area contributed by atoms with Gasteiger partial charge in [-0.25, -0.2) is 19.2 Å². The molecule has 2 aromatic rings. The van der Waals surface area contributed by atoms with Gasteiger partial charge in [0.1, 0.15) is 5.60 Å². The molecule has 0 saturated carbocycles. The molecule has 130 valence electrons. The van der Waals surface area contributed by atoms with Crippen LogP contribution in [0.15, 0.2) is 12.3 Å². The van der Waals surface area contributed by atoms with Crippen molar-refractivity contribution in [1.82, 2.24) is 14.9 Å². The van der Waals surface area contributed by atoms with E-state index in [-0.39, 0.29) is 17.3 Å². The summed E-state index contributed by atoms with van der Waals surface area (Å²) in [5, 5.41) is 0.564. The van der Waals surface area contributed by atoms with Crippen LogP contribution in [0.25, 0.3) is 11.3 Å². The number of nitrogens with zero attached hydrogens (tertiary/aromatic N) is 3. The van der Waals surface area contributed by atoms with Crippen molar-refractivity contribution >= 4 is 29.0 Å². The van der Waals surface area contributed by atoms with Gasteiger partial charge in [-0.05, 0) is 33.8 Å². The van der Waals surface area contributed by atoms with E-state index < -0.39 is 17.5 Å². The van der Waals surface area contributed by atoms with Crippen molar-refractivity contribution < 1.29 is 13.9 Å². The Kier molecular flexibility index (Phi) is 5.45. The number of pyridine rings is 1. The fraction of sp³-hybridized carbons (Fsp3) is 0.438. The van der Waals surface area contributed by atoms with Gasteiger partial charge in [0.2, 0.25) is 0 Å². The zero-order valence-corrected chi connectivity index (χ0v) is 15.8. The normalized spacial score (nSPS) is 11.5. The number of hydrogen-bond acceptors (Lipinski definition) is 5.